The zero-order valence-electron chi connectivity index (χ0n) is 18.1. The second kappa shape index (κ2) is 9.90. The molecular formula is C22H31NNaO3. The van der Waals surface area contributed by atoms with E-state index in [1.165, 1.54) is 33.4 Å². The summed E-state index contributed by atoms with van der Waals surface area (Å²) in [4.78, 5) is 18.0. The average Bonchev–Trinajstić information content (AvgIpc) is 2.60. The Hall–Kier alpha value is -1.10. The molecule has 1 unspecified atom stereocenters. The molecule has 1 radical (unpaired) electrons. The smallest absolute Gasteiger partial charge is 0.168 e. The number of hydrogen-bond acceptors (Lipinski definition) is 4. The molecule has 0 saturated heterocycles. The fourth-order valence-corrected chi connectivity index (χ4v) is 4.00. The third kappa shape index (κ3) is 4.67. The van der Waals surface area contributed by atoms with E-state index in [0.29, 0.717) is 37.2 Å². The Morgan fingerprint density at radius 3 is 1.96 bits per heavy atom. The number of carbonyl (C=O) groups is 1. The molecule has 0 spiro atoms. The van der Waals surface area contributed by atoms with Crippen molar-refractivity contribution >= 4 is 41.1 Å². The minimum atomic E-state index is -0.0475. The van der Waals surface area contributed by atoms with E-state index in [1.807, 2.05) is 13.8 Å². The number of aliphatic hydroxyl groups excluding tert-OH is 1. The van der Waals surface area contributed by atoms with Gasteiger partial charge in [-0.1, -0.05) is 12.1 Å². The van der Waals surface area contributed by atoms with Crippen LogP contribution in [-0.4, -0.2) is 52.8 Å². The van der Waals surface area contributed by atoms with E-state index in [0.717, 1.165) is 0 Å². The third-order valence-electron chi connectivity index (χ3n) is 5.83. The number of hydrogen-bond donors (Lipinski definition) is 1. The summed E-state index contributed by atoms with van der Waals surface area (Å²) in [6.07, 6.45) is 1.42. The number of rotatable bonds is 5. The zero-order valence-corrected chi connectivity index (χ0v) is 20.1. The summed E-state index contributed by atoms with van der Waals surface area (Å²) in [5.74, 6) is 0.101. The molecule has 5 heteroatoms. The number of oxime groups is 1. The Bertz CT molecular complexity index is 764. The minimum absolute atomic E-state index is 0. The van der Waals surface area contributed by atoms with Gasteiger partial charge in [0.15, 0.2) is 5.78 Å². The van der Waals surface area contributed by atoms with E-state index in [2.05, 4.69) is 39.8 Å². The number of ketones is 1. The molecule has 0 aromatic heterocycles. The Morgan fingerprint density at radius 2 is 1.52 bits per heavy atom. The third-order valence-corrected chi connectivity index (χ3v) is 5.83. The van der Waals surface area contributed by atoms with Crippen LogP contribution in [0.1, 0.15) is 72.4 Å². The van der Waals surface area contributed by atoms with Crippen LogP contribution in [0.25, 0.3) is 0 Å². The van der Waals surface area contributed by atoms with Gasteiger partial charge < -0.3 is 9.94 Å². The SMILES string of the molecule is CCON=C(CC)C1=C(O)CC(c2c(C)c(C)c(C)c(C)c2C)CC1=O.[Na]. The maximum absolute atomic E-state index is 12.9. The van der Waals surface area contributed by atoms with Gasteiger partial charge in [-0.25, -0.2) is 0 Å². The molecule has 0 bridgehead atoms. The molecule has 1 N–H and O–H groups in total. The van der Waals surface area contributed by atoms with Gasteiger partial charge >= 0.3 is 0 Å². The number of benzene rings is 1. The first-order chi connectivity index (χ1) is 12.2. The Morgan fingerprint density at radius 1 is 1.00 bits per heavy atom. The van der Waals surface area contributed by atoms with Crippen LogP contribution < -0.4 is 0 Å². The second-order valence-electron chi connectivity index (χ2n) is 7.20. The maximum Gasteiger partial charge on any atom is 0.168 e. The van der Waals surface area contributed by atoms with Crippen molar-refractivity contribution in [3.05, 3.63) is 44.7 Å². The van der Waals surface area contributed by atoms with Crippen molar-refractivity contribution in [2.75, 3.05) is 6.61 Å². The molecule has 0 heterocycles. The van der Waals surface area contributed by atoms with Crippen molar-refractivity contribution < 1.29 is 14.7 Å². The first-order valence-corrected chi connectivity index (χ1v) is 9.45. The molecule has 27 heavy (non-hydrogen) atoms. The van der Waals surface area contributed by atoms with E-state index in [9.17, 15) is 9.90 Å². The maximum atomic E-state index is 12.9. The molecule has 0 fully saturated rings. The number of aliphatic hydroxyl groups is 1. The molecule has 0 amide bonds. The summed E-state index contributed by atoms with van der Waals surface area (Å²) in [7, 11) is 0. The van der Waals surface area contributed by atoms with Crippen LogP contribution in [0.3, 0.4) is 0 Å². The van der Waals surface area contributed by atoms with Crippen molar-refractivity contribution in [2.45, 2.75) is 73.6 Å². The topological polar surface area (TPSA) is 58.9 Å². The first kappa shape index (κ1) is 23.9. The standard InChI is InChI=1S/C22H31NO3.Na/c1-8-18(23-26-9-2)22-19(24)10-17(11-20(22)25)21-15(6)13(4)12(3)14(5)16(21)7;/h17,24H,8-11H2,1-7H3;. The van der Waals surface area contributed by atoms with Gasteiger partial charge in [0.25, 0.3) is 0 Å². The van der Waals surface area contributed by atoms with Crippen LogP contribution in [0.2, 0.25) is 0 Å². The Kier molecular flexibility index (Phi) is 8.78. The number of carbonyl (C=O) groups excluding carboxylic acids is 1. The van der Waals surface area contributed by atoms with Crippen LogP contribution in [0, 0.1) is 34.6 Å². The number of Topliss-reactive ketones (excluding diaryl/α,β-unsaturated/α-hetero) is 1. The van der Waals surface area contributed by atoms with Crippen LogP contribution in [-0.2, 0) is 9.63 Å². The van der Waals surface area contributed by atoms with Crippen LogP contribution >= 0.6 is 0 Å². The Labute approximate surface area is 185 Å². The summed E-state index contributed by atoms with van der Waals surface area (Å²) in [5, 5.41) is 14.7. The molecule has 0 saturated carbocycles. The van der Waals surface area contributed by atoms with E-state index in [4.69, 9.17) is 4.84 Å². The quantitative estimate of drug-likeness (QED) is 0.449. The molecule has 1 aliphatic rings. The van der Waals surface area contributed by atoms with Crippen LogP contribution in [0.5, 0.6) is 0 Å². The van der Waals surface area contributed by atoms with Crippen molar-refractivity contribution in [3.63, 3.8) is 0 Å². The van der Waals surface area contributed by atoms with Crippen molar-refractivity contribution in [1.82, 2.24) is 0 Å². The summed E-state index contributed by atoms with van der Waals surface area (Å²) >= 11 is 0. The van der Waals surface area contributed by atoms with E-state index >= 15 is 0 Å². The van der Waals surface area contributed by atoms with E-state index in [-0.39, 0.29) is 47.0 Å². The molecule has 1 atom stereocenters. The van der Waals surface area contributed by atoms with Gasteiger partial charge in [0.1, 0.15) is 12.4 Å². The number of allylic oxidation sites excluding steroid dienone is 2. The predicted octanol–water partition coefficient (Wildman–Crippen LogP) is 4.91. The number of nitrogens with zero attached hydrogens (tertiary/aromatic N) is 1. The molecule has 1 aliphatic carbocycles. The average molecular weight is 380 g/mol. The van der Waals surface area contributed by atoms with Gasteiger partial charge in [-0.3, -0.25) is 4.79 Å². The van der Waals surface area contributed by atoms with Crippen molar-refractivity contribution in [1.29, 1.82) is 0 Å². The Balaban J connectivity index is 0.00000364. The van der Waals surface area contributed by atoms with Crippen molar-refractivity contribution in [2.24, 2.45) is 5.16 Å². The zero-order chi connectivity index (χ0) is 19.6. The molecule has 0 aliphatic heterocycles. The molecule has 4 nitrogen and oxygen atoms in total. The summed E-state index contributed by atoms with van der Waals surface area (Å²) in [6, 6.07) is 0. The van der Waals surface area contributed by atoms with Gasteiger partial charge in [-0.15, -0.1) is 0 Å². The van der Waals surface area contributed by atoms with E-state index in [1.54, 1.807) is 0 Å². The predicted molar refractivity (Wildman–Crippen MR) is 112 cm³/mol. The van der Waals surface area contributed by atoms with Gasteiger partial charge in [0, 0.05) is 42.4 Å². The summed E-state index contributed by atoms with van der Waals surface area (Å²) < 4.78 is 0. The van der Waals surface area contributed by atoms with Gasteiger partial charge in [0.05, 0.1) is 11.3 Å². The fraction of sp³-hybridized carbons (Fsp3) is 0.545. The van der Waals surface area contributed by atoms with Gasteiger partial charge in [0.2, 0.25) is 0 Å². The van der Waals surface area contributed by atoms with Crippen molar-refractivity contribution in [3.8, 4) is 0 Å². The summed E-state index contributed by atoms with van der Waals surface area (Å²) in [5.41, 5.74) is 8.43. The molecule has 1 aromatic carbocycles. The molecular weight excluding hydrogens is 349 g/mol. The van der Waals surface area contributed by atoms with Gasteiger partial charge in [-0.05, 0) is 87.3 Å². The van der Waals surface area contributed by atoms with Crippen LogP contribution in [0.4, 0.5) is 0 Å². The summed E-state index contributed by atoms with van der Waals surface area (Å²) in [6.45, 7) is 14.9. The monoisotopic (exact) mass is 380 g/mol. The fourth-order valence-electron chi connectivity index (χ4n) is 4.00. The van der Waals surface area contributed by atoms with E-state index < -0.39 is 0 Å². The molecule has 143 valence electrons. The largest absolute Gasteiger partial charge is 0.511 e. The minimum Gasteiger partial charge on any atom is -0.511 e. The van der Waals surface area contributed by atoms with Gasteiger partial charge in [-0.2, -0.15) is 0 Å². The molecule has 1 aromatic rings. The second-order valence-corrected chi connectivity index (χ2v) is 7.20. The molecule has 2 rings (SSSR count). The van der Waals surface area contributed by atoms with Crippen LogP contribution in [0.15, 0.2) is 16.5 Å². The normalized spacial score (nSPS) is 17.8. The first-order valence-electron chi connectivity index (χ1n) is 9.45.